The Morgan fingerprint density at radius 2 is 1.61 bits per heavy atom. The van der Waals surface area contributed by atoms with Gasteiger partial charge in [-0.05, 0) is 28.3 Å². The maximum Gasteiger partial charge on any atom is 0.196 e. The molecule has 0 spiro atoms. The Labute approximate surface area is 141 Å². The van der Waals surface area contributed by atoms with E-state index in [0.29, 0.717) is 0 Å². The average molecular weight is 320 g/mol. The number of hydrogen-bond donors (Lipinski definition) is 0. The lowest BCUT2D eigenvalue weighted by molar-refractivity contribution is -0.111. The van der Waals surface area contributed by atoms with Gasteiger partial charge in [-0.1, -0.05) is 91.5 Å². The van der Waals surface area contributed by atoms with Gasteiger partial charge in [0.2, 0.25) is 0 Å². The maximum absolute atomic E-state index is 12.4. The minimum Gasteiger partial charge on any atom is -0.287 e. The Morgan fingerprint density at radius 1 is 0.913 bits per heavy atom. The fourth-order valence-corrected chi connectivity index (χ4v) is 3.58. The van der Waals surface area contributed by atoms with Crippen LogP contribution < -0.4 is 0 Å². The van der Waals surface area contributed by atoms with E-state index in [1.807, 2.05) is 37.3 Å². The highest BCUT2D eigenvalue weighted by atomic mass is 32.2. The van der Waals surface area contributed by atoms with E-state index in [1.54, 1.807) is 0 Å². The summed E-state index contributed by atoms with van der Waals surface area (Å²) in [4.78, 5) is 12.4. The van der Waals surface area contributed by atoms with Gasteiger partial charge >= 0.3 is 0 Å². The second kappa shape index (κ2) is 7.47. The van der Waals surface area contributed by atoms with Crippen LogP contribution in [0.2, 0.25) is 0 Å². The van der Waals surface area contributed by atoms with Crippen LogP contribution in [0.1, 0.15) is 24.0 Å². The Kier molecular flexibility index (Phi) is 5.14. The van der Waals surface area contributed by atoms with Gasteiger partial charge in [0.15, 0.2) is 5.12 Å². The molecule has 0 bridgehead atoms. The first-order valence-corrected chi connectivity index (χ1v) is 8.92. The van der Waals surface area contributed by atoms with Crippen LogP contribution in [-0.2, 0) is 11.2 Å². The lowest BCUT2D eigenvalue weighted by atomic mass is 9.99. The molecule has 23 heavy (non-hydrogen) atoms. The topological polar surface area (TPSA) is 17.1 Å². The summed E-state index contributed by atoms with van der Waals surface area (Å²) in [6.07, 6.45) is 0.932. The molecule has 1 unspecified atom stereocenters. The molecule has 0 amide bonds. The molecule has 3 aromatic rings. The van der Waals surface area contributed by atoms with Crippen molar-refractivity contribution in [3.8, 4) is 0 Å². The highest BCUT2D eigenvalue weighted by molar-refractivity contribution is 8.13. The molecule has 0 aliphatic heterocycles. The Balaban J connectivity index is 1.61. The predicted octanol–water partition coefficient (Wildman–Crippen LogP) is 5.45. The van der Waals surface area contributed by atoms with E-state index in [9.17, 15) is 4.79 Å². The van der Waals surface area contributed by atoms with Crippen molar-refractivity contribution in [2.24, 2.45) is 0 Å². The van der Waals surface area contributed by atoms with E-state index in [2.05, 4.69) is 42.5 Å². The maximum atomic E-state index is 12.4. The van der Waals surface area contributed by atoms with Crippen molar-refractivity contribution in [3.63, 3.8) is 0 Å². The zero-order valence-electron chi connectivity index (χ0n) is 13.2. The zero-order valence-corrected chi connectivity index (χ0v) is 14.1. The van der Waals surface area contributed by atoms with Crippen molar-refractivity contribution >= 4 is 27.6 Å². The summed E-state index contributed by atoms with van der Waals surface area (Å²) in [5.41, 5.74) is 2.38. The molecule has 1 atom stereocenters. The highest BCUT2D eigenvalue weighted by Gasteiger charge is 2.15. The summed E-state index contributed by atoms with van der Waals surface area (Å²) >= 11 is 1.44. The fourth-order valence-electron chi connectivity index (χ4n) is 2.65. The first-order valence-electron chi connectivity index (χ1n) is 7.93. The highest BCUT2D eigenvalue weighted by Crippen LogP contribution is 2.26. The van der Waals surface area contributed by atoms with Crippen LogP contribution >= 0.6 is 11.8 Å². The van der Waals surface area contributed by atoms with Crippen molar-refractivity contribution in [1.82, 2.24) is 0 Å². The molecule has 0 saturated heterocycles. The predicted molar refractivity (Wildman–Crippen MR) is 100.0 cm³/mol. The first kappa shape index (κ1) is 15.8. The molecule has 0 radical (unpaired) electrons. The number of carbonyl (C=O) groups is 1. The molecule has 0 N–H and O–H groups in total. The van der Waals surface area contributed by atoms with Crippen molar-refractivity contribution in [3.05, 3.63) is 83.9 Å². The fraction of sp³-hybridized carbons (Fsp3) is 0.190. The molecule has 1 nitrogen and oxygen atoms in total. The number of thioether (sulfide) groups is 1. The smallest absolute Gasteiger partial charge is 0.196 e. The third kappa shape index (κ3) is 4.02. The third-order valence-electron chi connectivity index (χ3n) is 4.10. The third-order valence-corrected chi connectivity index (χ3v) is 5.15. The van der Waals surface area contributed by atoms with Crippen LogP contribution in [0, 0.1) is 0 Å². The molecule has 0 heterocycles. The Morgan fingerprint density at radius 3 is 2.39 bits per heavy atom. The summed E-state index contributed by atoms with van der Waals surface area (Å²) in [6.45, 7) is 2.00. The number of rotatable bonds is 5. The molecular formula is C21H20OS. The minimum atomic E-state index is -0.0691. The van der Waals surface area contributed by atoms with Gasteiger partial charge in [0, 0.05) is 5.75 Å². The molecule has 3 rings (SSSR count). The lowest BCUT2D eigenvalue weighted by Crippen LogP contribution is -2.06. The van der Waals surface area contributed by atoms with E-state index in [-0.39, 0.29) is 11.0 Å². The second-order valence-electron chi connectivity index (χ2n) is 5.73. The van der Waals surface area contributed by atoms with Crippen molar-refractivity contribution in [2.45, 2.75) is 19.3 Å². The number of benzene rings is 3. The Bertz CT molecular complexity index is 795. The van der Waals surface area contributed by atoms with E-state index in [0.717, 1.165) is 17.7 Å². The summed E-state index contributed by atoms with van der Waals surface area (Å²) < 4.78 is 0. The van der Waals surface area contributed by atoms with Crippen molar-refractivity contribution in [2.75, 3.05) is 5.75 Å². The number of aryl methyl sites for hydroxylation is 1. The molecule has 0 aromatic heterocycles. The van der Waals surface area contributed by atoms with Crippen LogP contribution in [0.25, 0.3) is 10.8 Å². The van der Waals surface area contributed by atoms with Crippen LogP contribution in [0.3, 0.4) is 0 Å². The van der Waals surface area contributed by atoms with Gasteiger partial charge in [0.1, 0.15) is 0 Å². The summed E-state index contributed by atoms with van der Waals surface area (Å²) in [5.74, 6) is 0.765. The zero-order chi connectivity index (χ0) is 16.1. The Hall–Kier alpha value is -2.06. The van der Waals surface area contributed by atoms with Gasteiger partial charge in [-0.25, -0.2) is 0 Å². The molecule has 2 heteroatoms. The standard InChI is InChI=1S/C21H20OS/c1-16(19-12-11-18-9-5-6-10-20(18)15-19)21(22)23-14-13-17-7-3-2-4-8-17/h2-12,15-16H,13-14H2,1H3. The average Bonchev–Trinajstić information content (AvgIpc) is 2.61. The van der Waals surface area contributed by atoms with Gasteiger partial charge in [0.25, 0.3) is 0 Å². The number of carbonyl (C=O) groups excluding carboxylic acids is 1. The van der Waals surface area contributed by atoms with Crippen LogP contribution in [0.5, 0.6) is 0 Å². The number of fused-ring (bicyclic) bond motifs is 1. The van der Waals surface area contributed by atoms with Gasteiger partial charge < -0.3 is 0 Å². The van der Waals surface area contributed by atoms with Crippen molar-refractivity contribution < 1.29 is 4.79 Å². The number of hydrogen-bond acceptors (Lipinski definition) is 2. The second-order valence-corrected chi connectivity index (χ2v) is 6.83. The monoisotopic (exact) mass is 320 g/mol. The summed E-state index contributed by atoms with van der Waals surface area (Å²) in [6, 6.07) is 24.9. The molecule has 0 fully saturated rings. The molecule has 116 valence electrons. The normalized spacial score (nSPS) is 12.2. The minimum absolute atomic E-state index is 0.0691. The summed E-state index contributed by atoms with van der Waals surface area (Å²) in [7, 11) is 0. The summed E-state index contributed by atoms with van der Waals surface area (Å²) in [5, 5.41) is 2.66. The van der Waals surface area contributed by atoms with Gasteiger partial charge in [-0.2, -0.15) is 0 Å². The molecule has 0 aliphatic carbocycles. The van der Waals surface area contributed by atoms with Crippen LogP contribution in [0.4, 0.5) is 0 Å². The molecule has 3 aromatic carbocycles. The van der Waals surface area contributed by atoms with E-state index >= 15 is 0 Å². The van der Waals surface area contributed by atoms with E-state index < -0.39 is 0 Å². The SMILES string of the molecule is CC(C(=O)SCCc1ccccc1)c1ccc2ccccc2c1. The van der Waals surface area contributed by atoms with E-state index in [1.165, 1.54) is 28.1 Å². The van der Waals surface area contributed by atoms with Crippen LogP contribution in [0.15, 0.2) is 72.8 Å². The van der Waals surface area contributed by atoms with Crippen LogP contribution in [-0.4, -0.2) is 10.9 Å². The molecule has 0 saturated carbocycles. The molecule has 0 aliphatic rings. The largest absolute Gasteiger partial charge is 0.287 e. The quantitative estimate of drug-likeness (QED) is 0.622. The molecular weight excluding hydrogens is 300 g/mol. The van der Waals surface area contributed by atoms with Gasteiger partial charge in [0.05, 0.1) is 5.92 Å². The van der Waals surface area contributed by atoms with Gasteiger partial charge in [-0.15, -0.1) is 0 Å². The lowest BCUT2D eigenvalue weighted by Gasteiger charge is -2.11. The van der Waals surface area contributed by atoms with Crippen molar-refractivity contribution in [1.29, 1.82) is 0 Å². The van der Waals surface area contributed by atoms with Gasteiger partial charge in [-0.3, -0.25) is 4.79 Å². The van der Waals surface area contributed by atoms with E-state index in [4.69, 9.17) is 0 Å². The first-order chi connectivity index (χ1) is 11.2.